The minimum atomic E-state index is 0.363. The molecule has 7 nitrogen and oxygen atoms in total. The van der Waals surface area contributed by atoms with Gasteiger partial charge in [0.05, 0.1) is 5.69 Å². The summed E-state index contributed by atoms with van der Waals surface area (Å²) >= 11 is 6.02. The molecule has 0 amide bonds. The van der Waals surface area contributed by atoms with Gasteiger partial charge in [-0.3, -0.25) is 4.57 Å². The first-order valence-corrected chi connectivity index (χ1v) is 9.05. The van der Waals surface area contributed by atoms with Crippen molar-refractivity contribution in [1.82, 2.24) is 24.7 Å². The van der Waals surface area contributed by atoms with Crippen LogP contribution in [0.25, 0.3) is 5.69 Å². The molecule has 3 aromatic rings. The van der Waals surface area contributed by atoms with E-state index in [1.165, 1.54) is 0 Å². The van der Waals surface area contributed by atoms with Crippen molar-refractivity contribution < 1.29 is 0 Å². The summed E-state index contributed by atoms with van der Waals surface area (Å²) in [5, 5.41) is 12.8. The molecule has 0 unspecified atom stereocenters. The molecule has 26 heavy (non-hydrogen) atoms. The van der Waals surface area contributed by atoms with E-state index in [4.69, 9.17) is 11.6 Å². The van der Waals surface area contributed by atoms with E-state index in [-0.39, 0.29) is 0 Å². The number of aromatic nitrogens is 5. The van der Waals surface area contributed by atoms with Gasteiger partial charge in [0.15, 0.2) is 0 Å². The predicted octanol–water partition coefficient (Wildman–Crippen LogP) is 3.10. The second kappa shape index (κ2) is 7.29. The van der Waals surface area contributed by atoms with Gasteiger partial charge in [-0.25, -0.2) is 9.97 Å². The van der Waals surface area contributed by atoms with Gasteiger partial charge in [-0.05, 0) is 50.1 Å². The van der Waals surface area contributed by atoms with Gasteiger partial charge in [0, 0.05) is 36.5 Å². The largest absolute Gasteiger partial charge is 0.351 e. The summed E-state index contributed by atoms with van der Waals surface area (Å²) in [5.41, 5.74) is 1.02. The highest BCUT2D eigenvalue weighted by atomic mass is 35.5. The molecular formula is C18H20ClN7. The first-order valence-electron chi connectivity index (χ1n) is 8.67. The average molecular weight is 370 g/mol. The quantitative estimate of drug-likeness (QED) is 0.761. The van der Waals surface area contributed by atoms with Crippen molar-refractivity contribution >= 4 is 23.5 Å². The molecule has 8 heteroatoms. The fourth-order valence-corrected chi connectivity index (χ4v) is 3.35. The Kier molecular flexibility index (Phi) is 4.71. The SMILES string of the molecule is Cc1nnc(N2CCC(Nc3ncccn3)CC2)n1-c1ccc(Cl)cc1. The van der Waals surface area contributed by atoms with Crippen molar-refractivity contribution in [3.05, 3.63) is 53.6 Å². The van der Waals surface area contributed by atoms with Crippen LogP contribution >= 0.6 is 11.6 Å². The summed E-state index contributed by atoms with van der Waals surface area (Å²) in [5.74, 6) is 2.42. The fraction of sp³-hybridized carbons (Fsp3) is 0.333. The summed E-state index contributed by atoms with van der Waals surface area (Å²) in [6.45, 7) is 3.76. The summed E-state index contributed by atoms with van der Waals surface area (Å²) in [6.07, 6.45) is 5.49. The zero-order valence-corrected chi connectivity index (χ0v) is 15.3. The van der Waals surface area contributed by atoms with Crippen molar-refractivity contribution in [2.45, 2.75) is 25.8 Å². The van der Waals surface area contributed by atoms with Crippen LogP contribution in [0.5, 0.6) is 0 Å². The summed E-state index contributed by atoms with van der Waals surface area (Å²) < 4.78 is 2.07. The second-order valence-corrected chi connectivity index (χ2v) is 6.77. The number of benzene rings is 1. The first kappa shape index (κ1) is 16.8. The Morgan fingerprint density at radius 1 is 1.04 bits per heavy atom. The fourth-order valence-electron chi connectivity index (χ4n) is 3.23. The Balaban J connectivity index is 1.47. The number of hydrogen-bond donors (Lipinski definition) is 1. The van der Waals surface area contributed by atoms with Crippen LogP contribution in [0.4, 0.5) is 11.9 Å². The number of piperidine rings is 1. The molecule has 1 saturated heterocycles. The Hall–Kier alpha value is -2.67. The highest BCUT2D eigenvalue weighted by molar-refractivity contribution is 6.30. The minimum Gasteiger partial charge on any atom is -0.351 e. The molecule has 0 spiro atoms. The number of rotatable bonds is 4. The first-order chi connectivity index (χ1) is 12.7. The van der Waals surface area contributed by atoms with Gasteiger partial charge < -0.3 is 10.2 Å². The Bertz CT molecular complexity index is 855. The van der Waals surface area contributed by atoms with E-state index in [1.54, 1.807) is 12.4 Å². The highest BCUT2D eigenvalue weighted by Gasteiger charge is 2.24. The average Bonchev–Trinajstić information content (AvgIpc) is 3.05. The van der Waals surface area contributed by atoms with Crippen LogP contribution in [-0.4, -0.2) is 43.9 Å². The van der Waals surface area contributed by atoms with E-state index in [0.717, 1.165) is 48.4 Å². The lowest BCUT2D eigenvalue weighted by molar-refractivity contribution is 0.515. The Labute approximate surface area is 157 Å². The van der Waals surface area contributed by atoms with Crippen LogP contribution in [0.1, 0.15) is 18.7 Å². The van der Waals surface area contributed by atoms with Crippen molar-refractivity contribution in [2.75, 3.05) is 23.3 Å². The molecule has 0 atom stereocenters. The predicted molar refractivity (Wildman–Crippen MR) is 102 cm³/mol. The lowest BCUT2D eigenvalue weighted by Gasteiger charge is -2.33. The van der Waals surface area contributed by atoms with Gasteiger partial charge in [-0.1, -0.05) is 11.6 Å². The standard InChI is InChI=1S/C18H20ClN7/c1-13-23-24-18(26(13)16-5-3-14(19)4-6-16)25-11-7-15(8-12-25)22-17-20-9-2-10-21-17/h2-6,9-10,15H,7-8,11-12H2,1H3,(H,20,21,22). The van der Waals surface area contributed by atoms with Gasteiger partial charge >= 0.3 is 0 Å². The van der Waals surface area contributed by atoms with E-state index in [9.17, 15) is 0 Å². The van der Waals surface area contributed by atoms with E-state index in [1.807, 2.05) is 37.3 Å². The smallest absolute Gasteiger partial charge is 0.231 e. The molecule has 1 aliphatic heterocycles. The normalized spacial score (nSPS) is 15.2. The number of anilines is 2. The van der Waals surface area contributed by atoms with Crippen molar-refractivity contribution in [3.8, 4) is 5.69 Å². The third kappa shape index (κ3) is 3.48. The van der Waals surface area contributed by atoms with Gasteiger partial charge in [0.2, 0.25) is 11.9 Å². The maximum Gasteiger partial charge on any atom is 0.231 e. The van der Waals surface area contributed by atoms with Crippen molar-refractivity contribution in [2.24, 2.45) is 0 Å². The molecule has 2 aromatic heterocycles. The monoisotopic (exact) mass is 369 g/mol. The van der Waals surface area contributed by atoms with Crippen LogP contribution in [0, 0.1) is 6.92 Å². The third-order valence-corrected chi connectivity index (χ3v) is 4.82. The number of halogens is 1. The van der Waals surface area contributed by atoms with E-state index >= 15 is 0 Å². The van der Waals surface area contributed by atoms with Crippen molar-refractivity contribution in [3.63, 3.8) is 0 Å². The Morgan fingerprint density at radius 3 is 2.42 bits per heavy atom. The Morgan fingerprint density at radius 2 is 1.73 bits per heavy atom. The topological polar surface area (TPSA) is 71.8 Å². The molecule has 1 aromatic carbocycles. The maximum absolute atomic E-state index is 6.02. The lowest BCUT2D eigenvalue weighted by Crippen LogP contribution is -2.40. The number of hydrogen-bond acceptors (Lipinski definition) is 6. The van der Waals surface area contributed by atoms with E-state index in [0.29, 0.717) is 12.0 Å². The highest BCUT2D eigenvalue weighted by Crippen LogP contribution is 2.24. The molecular weight excluding hydrogens is 350 g/mol. The lowest BCUT2D eigenvalue weighted by atomic mass is 10.1. The molecule has 0 radical (unpaired) electrons. The van der Waals surface area contributed by atoms with Gasteiger partial charge in [-0.2, -0.15) is 0 Å². The van der Waals surface area contributed by atoms with Gasteiger partial charge in [0.1, 0.15) is 5.82 Å². The maximum atomic E-state index is 6.02. The second-order valence-electron chi connectivity index (χ2n) is 6.34. The molecule has 0 saturated carbocycles. The number of nitrogens with zero attached hydrogens (tertiary/aromatic N) is 6. The summed E-state index contributed by atoms with van der Waals surface area (Å²) in [6, 6.07) is 9.93. The summed E-state index contributed by atoms with van der Waals surface area (Å²) in [7, 11) is 0. The number of aryl methyl sites for hydroxylation is 1. The van der Waals surface area contributed by atoms with Crippen LogP contribution in [0.2, 0.25) is 5.02 Å². The molecule has 134 valence electrons. The molecule has 4 rings (SSSR count). The minimum absolute atomic E-state index is 0.363. The van der Waals surface area contributed by atoms with Gasteiger partial charge in [0.25, 0.3) is 0 Å². The van der Waals surface area contributed by atoms with Crippen molar-refractivity contribution in [1.29, 1.82) is 0 Å². The molecule has 0 bridgehead atoms. The van der Waals surface area contributed by atoms with Gasteiger partial charge in [-0.15, -0.1) is 10.2 Å². The zero-order valence-electron chi connectivity index (χ0n) is 14.5. The number of nitrogens with one attached hydrogen (secondary N) is 1. The molecule has 1 fully saturated rings. The molecule has 1 aliphatic rings. The molecule has 1 N–H and O–H groups in total. The third-order valence-electron chi connectivity index (χ3n) is 4.57. The van der Waals surface area contributed by atoms with Crippen LogP contribution in [0.15, 0.2) is 42.7 Å². The van der Waals surface area contributed by atoms with Crippen LogP contribution in [-0.2, 0) is 0 Å². The summed E-state index contributed by atoms with van der Waals surface area (Å²) in [4.78, 5) is 10.8. The van der Waals surface area contributed by atoms with E-state index in [2.05, 4.69) is 34.9 Å². The molecule has 0 aliphatic carbocycles. The zero-order chi connectivity index (χ0) is 17.9. The van der Waals surface area contributed by atoms with Crippen LogP contribution < -0.4 is 10.2 Å². The molecule has 3 heterocycles. The van der Waals surface area contributed by atoms with Crippen LogP contribution in [0.3, 0.4) is 0 Å². The van der Waals surface area contributed by atoms with E-state index < -0.39 is 0 Å².